The fourth-order valence-electron chi connectivity index (χ4n) is 4.28. The van der Waals surface area contributed by atoms with Gasteiger partial charge >= 0.3 is 0 Å². The van der Waals surface area contributed by atoms with Crippen LogP contribution in [0.4, 0.5) is 5.82 Å². The van der Waals surface area contributed by atoms with Gasteiger partial charge in [-0.1, -0.05) is 17.7 Å². The molecule has 2 aliphatic rings. The SMILES string of the molecule is COc1ccc(C)cc1CC(=O)N1CCc2nc(N)c(C(=O)N3CCCC3)cc2C1. The Bertz CT molecular complexity index is 983. The Labute approximate surface area is 176 Å². The van der Waals surface area contributed by atoms with Crippen molar-refractivity contribution in [2.75, 3.05) is 32.5 Å². The van der Waals surface area contributed by atoms with Gasteiger partial charge in [-0.05, 0) is 37.5 Å². The Hall–Kier alpha value is -3.09. The molecule has 4 rings (SSSR count). The molecule has 7 nitrogen and oxygen atoms in total. The van der Waals surface area contributed by atoms with E-state index in [-0.39, 0.29) is 24.1 Å². The summed E-state index contributed by atoms with van der Waals surface area (Å²) >= 11 is 0. The number of fused-ring (bicyclic) bond motifs is 1. The van der Waals surface area contributed by atoms with E-state index in [1.807, 2.05) is 41.0 Å². The first-order chi connectivity index (χ1) is 14.5. The molecule has 0 bridgehead atoms. The molecule has 3 heterocycles. The molecule has 0 aliphatic carbocycles. The number of nitrogens with zero attached hydrogens (tertiary/aromatic N) is 3. The number of anilines is 1. The van der Waals surface area contributed by atoms with Crippen molar-refractivity contribution >= 4 is 17.6 Å². The van der Waals surface area contributed by atoms with Crippen LogP contribution < -0.4 is 10.5 Å². The second-order valence-electron chi connectivity index (χ2n) is 8.08. The van der Waals surface area contributed by atoms with Gasteiger partial charge in [0, 0.05) is 43.9 Å². The van der Waals surface area contributed by atoms with E-state index in [1.165, 1.54) is 0 Å². The number of hydrogen-bond donors (Lipinski definition) is 1. The van der Waals surface area contributed by atoms with Crippen LogP contribution in [-0.4, -0.2) is 53.3 Å². The number of carbonyl (C=O) groups excluding carboxylic acids is 2. The molecule has 0 spiro atoms. The van der Waals surface area contributed by atoms with Gasteiger partial charge in [0.05, 0.1) is 19.1 Å². The number of likely N-dealkylation sites (tertiary alicyclic amines) is 1. The Morgan fingerprint density at radius 2 is 1.90 bits per heavy atom. The lowest BCUT2D eigenvalue weighted by Gasteiger charge is -2.29. The molecular weight excluding hydrogens is 380 g/mol. The predicted octanol–water partition coefficient (Wildman–Crippen LogP) is 2.34. The topological polar surface area (TPSA) is 88.8 Å². The maximum absolute atomic E-state index is 13.0. The number of ether oxygens (including phenoxy) is 1. The minimum absolute atomic E-state index is 0.0359. The Morgan fingerprint density at radius 3 is 2.63 bits per heavy atom. The zero-order valence-corrected chi connectivity index (χ0v) is 17.6. The number of hydrogen-bond acceptors (Lipinski definition) is 5. The number of amides is 2. The number of benzene rings is 1. The highest BCUT2D eigenvalue weighted by Crippen LogP contribution is 2.26. The molecule has 2 amide bonds. The average molecular weight is 409 g/mol. The molecule has 1 aromatic heterocycles. The summed E-state index contributed by atoms with van der Waals surface area (Å²) in [5.41, 5.74) is 10.3. The highest BCUT2D eigenvalue weighted by molar-refractivity contribution is 5.98. The van der Waals surface area contributed by atoms with Crippen molar-refractivity contribution in [1.29, 1.82) is 0 Å². The molecule has 0 unspecified atom stereocenters. The van der Waals surface area contributed by atoms with E-state index in [0.29, 0.717) is 25.1 Å². The second kappa shape index (κ2) is 8.34. The van der Waals surface area contributed by atoms with E-state index < -0.39 is 0 Å². The monoisotopic (exact) mass is 408 g/mol. The number of aromatic nitrogens is 1. The lowest BCUT2D eigenvalue weighted by atomic mass is 10.0. The van der Waals surface area contributed by atoms with Crippen LogP contribution in [0.3, 0.4) is 0 Å². The van der Waals surface area contributed by atoms with Crippen LogP contribution in [0.5, 0.6) is 5.75 Å². The van der Waals surface area contributed by atoms with Crippen LogP contribution in [0.1, 0.15) is 45.6 Å². The number of carbonyl (C=O) groups is 2. The third-order valence-corrected chi connectivity index (χ3v) is 5.95. The van der Waals surface area contributed by atoms with Gasteiger partial charge in [0.15, 0.2) is 0 Å². The van der Waals surface area contributed by atoms with Crippen molar-refractivity contribution in [3.05, 3.63) is 52.2 Å². The smallest absolute Gasteiger partial charge is 0.257 e. The molecule has 0 radical (unpaired) electrons. The second-order valence-corrected chi connectivity index (χ2v) is 8.08. The number of methoxy groups -OCH3 is 1. The van der Waals surface area contributed by atoms with Crippen LogP contribution in [0.15, 0.2) is 24.3 Å². The van der Waals surface area contributed by atoms with E-state index in [4.69, 9.17) is 10.5 Å². The quantitative estimate of drug-likeness (QED) is 0.839. The third kappa shape index (κ3) is 3.97. The van der Waals surface area contributed by atoms with Gasteiger partial charge in [-0.3, -0.25) is 9.59 Å². The van der Waals surface area contributed by atoms with E-state index in [2.05, 4.69) is 4.98 Å². The normalized spacial score (nSPS) is 15.8. The van der Waals surface area contributed by atoms with Gasteiger partial charge in [0.25, 0.3) is 5.91 Å². The molecule has 2 aromatic rings. The molecule has 2 N–H and O–H groups in total. The van der Waals surface area contributed by atoms with Gasteiger partial charge in [-0.15, -0.1) is 0 Å². The van der Waals surface area contributed by atoms with Crippen molar-refractivity contribution < 1.29 is 14.3 Å². The van der Waals surface area contributed by atoms with Crippen LogP contribution >= 0.6 is 0 Å². The Kier molecular flexibility index (Phi) is 5.61. The largest absolute Gasteiger partial charge is 0.496 e. The van der Waals surface area contributed by atoms with Crippen molar-refractivity contribution in [3.63, 3.8) is 0 Å². The van der Waals surface area contributed by atoms with E-state index >= 15 is 0 Å². The first kappa shape index (κ1) is 20.2. The van der Waals surface area contributed by atoms with Gasteiger partial charge < -0.3 is 20.3 Å². The summed E-state index contributed by atoms with van der Waals surface area (Å²) in [6, 6.07) is 7.69. The van der Waals surface area contributed by atoms with Crippen LogP contribution in [0.25, 0.3) is 0 Å². The lowest BCUT2D eigenvalue weighted by Crippen LogP contribution is -2.38. The van der Waals surface area contributed by atoms with Gasteiger partial charge in [-0.25, -0.2) is 4.98 Å². The van der Waals surface area contributed by atoms with Gasteiger partial charge in [0.1, 0.15) is 11.6 Å². The van der Waals surface area contributed by atoms with Crippen molar-refractivity contribution in [2.24, 2.45) is 0 Å². The molecule has 0 saturated carbocycles. The van der Waals surface area contributed by atoms with E-state index in [9.17, 15) is 9.59 Å². The summed E-state index contributed by atoms with van der Waals surface area (Å²) in [5, 5.41) is 0. The molecule has 0 atom stereocenters. The van der Waals surface area contributed by atoms with Crippen LogP contribution in [-0.2, 0) is 24.2 Å². The van der Waals surface area contributed by atoms with Crippen molar-refractivity contribution in [3.8, 4) is 5.75 Å². The molecule has 1 aromatic carbocycles. The minimum atomic E-state index is -0.0618. The van der Waals surface area contributed by atoms with Crippen LogP contribution in [0, 0.1) is 6.92 Å². The first-order valence-corrected chi connectivity index (χ1v) is 10.4. The van der Waals surface area contributed by atoms with Crippen molar-refractivity contribution in [2.45, 2.75) is 39.2 Å². The van der Waals surface area contributed by atoms with Crippen LogP contribution in [0.2, 0.25) is 0 Å². The summed E-state index contributed by atoms with van der Waals surface area (Å²) < 4.78 is 5.41. The van der Waals surface area contributed by atoms with Gasteiger partial charge in [0.2, 0.25) is 5.91 Å². The fourth-order valence-corrected chi connectivity index (χ4v) is 4.28. The Balaban J connectivity index is 1.52. The predicted molar refractivity (Wildman–Crippen MR) is 114 cm³/mol. The summed E-state index contributed by atoms with van der Waals surface area (Å²) in [6.07, 6.45) is 2.96. The molecular formula is C23H28N4O3. The minimum Gasteiger partial charge on any atom is -0.496 e. The first-order valence-electron chi connectivity index (χ1n) is 10.4. The number of pyridine rings is 1. The highest BCUT2D eigenvalue weighted by Gasteiger charge is 2.27. The molecule has 1 saturated heterocycles. The number of aryl methyl sites for hydroxylation is 1. The molecule has 2 aliphatic heterocycles. The average Bonchev–Trinajstić information content (AvgIpc) is 3.27. The fraction of sp³-hybridized carbons (Fsp3) is 0.435. The maximum Gasteiger partial charge on any atom is 0.257 e. The zero-order chi connectivity index (χ0) is 21.3. The summed E-state index contributed by atoms with van der Waals surface area (Å²) in [5.74, 6) is 0.983. The molecule has 7 heteroatoms. The lowest BCUT2D eigenvalue weighted by molar-refractivity contribution is -0.131. The standard InChI is InChI=1S/C23H28N4O3/c1-15-5-6-20(30-2)16(11-15)13-21(28)27-10-7-19-17(14-27)12-18(22(24)25-19)23(29)26-8-3-4-9-26/h5-6,11-12H,3-4,7-10,13-14H2,1-2H3,(H2,24,25). The zero-order valence-electron chi connectivity index (χ0n) is 17.6. The third-order valence-electron chi connectivity index (χ3n) is 5.95. The highest BCUT2D eigenvalue weighted by atomic mass is 16.5. The maximum atomic E-state index is 13.0. The summed E-state index contributed by atoms with van der Waals surface area (Å²) in [6.45, 7) is 4.55. The number of nitrogen functional groups attached to an aromatic ring is 1. The number of rotatable bonds is 4. The van der Waals surface area contributed by atoms with Crippen molar-refractivity contribution in [1.82, 2.24) is 14.8 Å². The Morgan fingerprint density at radius 1 is 1.13 bits per heavy atom. The molecule has 1 fully saturated rings. The van der Waals surface area contributed by atoms with E-state index in [0.717, 1.165) is 54.1 Å². The molecule has 30 heavy (non-hydrogen) atoms. The summed E-state index contributed by atoms with van der Waals surface area (Å²) in [7, 11) is 1.62. The van der Waals surface area contributed by atoms with Gasteiger partial charge in [-0.2, -0.15) is 0 Å². The molecule has 158 valence electrons. The number of nitrogens with two attached hydrogens (primary N) is 1. The summed E-state index contributed by atoms with van der Waals surface area (Å²) in [4.78, 5) is 34.0. The van der Waals surface area contributed by atoms with E-state index in [1.54, 1.807) is 7.11 Å².